The molecule has 0 radical (unpaired) electrons. The standard InChI is InChI=1S/C21H23BrN4O/c1-25(15-17-2-6-18(22)7-3-17)21(27)24-19-10-12-26(13-11-19)20-8-4-16(14-23)5-9-20/h2-9,19H,10-13,15H2,1H3,(H,24,27). The van der Waals surface area contributed by atoms with Gasteiger partial charge in [-0.3, -0.25) is 0 Å². The maximum atomic E-state index is 12.5. The van der Waals surface area contributed by atoms with Gasteiger partial charge in [0.2, 0.25) is 0 Å². The van der Waals surface area contributed by atoms with Gasteiger partial charge in [0.05, 0.1) is 11.6 Å². The normalized spacial score (nSPS) is 14.5. The molecule has 2 aromatic rings. The van der Waals surface area contributed by atoms with E-state index in [4.69, 9.17) is 5.26 Å². The van der Waals surface area contributed by atoms with Crippen LogP contribution in [-0.4, -0.2) is 37.1 Å². The van der Waals surface area contributed by atoms with Crippen molar-refractivity contribution in [1.82, 2.24) is 10.2 Å². The van der Waals surface area contributed by atoms with Crippen LogP contribution in [0.5, 0.6) is 0 Å². The highest BCUT2D eigenvalue weighted by Gasteiger charge is 2.22. The van der Waals surface area contributed by atoms with E-state index in [-0.39, 0.29) is 12.1 Å². The molecule has 1 N–H and O–H groups in total. The predicted molar refractivity (Wildman–Crippen MR) is 111 cm³/mol. The topological polar surface area (TPSA) is 59.4 Å². The molecule has 3 rings (SSSR count). The molecule has 0 spiro atoms. The summed E-state index contributed by atoms with van der Waals surface area (Å²) in [4.78, 5) is 16.5. The van der Waals surface area contributed by atoms with Crippen LogP contribution < -0.4 is 10.2 Å². The number of carbonyl (C=O) groups excluding carboxylic acids is 1. The zero-order valence-electron chi connectivity index (χ0n) is 15.4. The van der Waals surface area contributed by atoms with E-state index >= 15 is 0 Å². The molecule has 1 aliphatic heterocycles. The lowest BCUT2D eigenvalue weighted by atomic mass is 10.0. The highest BCUT2D eigenvalue weighted by molar-refractivity contribution is 9.10. The van der Waals surface area contributed by atoms with Crippen molar-refractivity contribution in [2.75, 3.05) is 25.0 Å². The van der Waals surface area contributed by atoms with Crippen molar-refractivity contribution >= 4 is 27.6 Å². The van der Waals surface area contributed by atoms with Crippen LogP contribution >= 0.6 is 15.9 Å². The minimum Gasteiger partial charge on any atom is -0.371 e. The van der Waals surface area contributed by atoms with Crippen molar-refractivity contribution in [3.8, 4) is 6.07 Å². The van der Waals surface area contributed by atoms with Gasteiger partial charge >= 0.3 is 6.03 Å². The van der Waals surface area contributed by atoms with Crippen LogP contribution in [-0.2, 0) is 6.54 Å². The first kappa shape index (κ1) is 19.2. The highest BCUT2D eigenvalue weighted by atomic mass is 79.9. The molecule has 5 nitrogen and oxygen atoms in total. The summed E-state index contributed by atoms with van der Waals surface area (Å²) >= 11 is 3.42. The van der Waals surface area contributed by atoms with Crippen LogP contribution in [0.25, 0.3) is 0 Å². The second kappa shape index (κ2) is 8.92. The Hall–Kier alpha value is -2.52. The molecule has 1 aliphatic rings. The van der Waals surface area contributed by atoms with E-state index < -0.39 is 0 Å². The van der Waals surface area contributed by atoms with Crippen molar-refractivity contribution in [1.29, 1.82) is 5.26 Å². The number of nitriles is 1. The molecule has 6 heteroatoms. The lowest BCUT2D eigenvalue weighted by Gasteiger charge is -2.34. The largest absolute Gasteiger partial charge is 0.371 e. The molecule has 0 bridgehead atoms. The molecule has 1 saturated heterocycles. The van der Waals surface area contributed by atoms with Gasteiger partial charge < -0.3 is 15.1 Å². The molecule has 0 atom stereocenters. The molecule has 0 saturated carbocycles. The Bertz CT molecular complexity index is 806. The first-order valence-corrected chi connectivity index (χ1v) is 9.85. The number of halogens is 1. The summed E-state index contributed by atoms with van der Waals surface area (Å²) in [7, 11) is 1.82. The molecule has 2 aromatic carbocycles. The van der Waals surface area contributed by atoms with Crippen molar-refractivity contribution in [3.05, 3.63) is 64.1 Å². The van der Waals surface area contributed by atoms with Crippen molar-refractivity contribution in [2.24, 2.45) is 0 Å². The van der Waals surface area contributed by atoms with Gasteiger partial charge in [-0.25, -0.2) is 4.79 Å². The zero-order valence-corrected chi connectivity index (χ0v) is 16.9. The maximum Gasteiger partial charge on any atom is 0.317 e. The molecule has 0 aromatic heterocycles. The molecule has 1 heterocycles. The Morgan fingerprint density at radius 1 is 1.19 bits per heavy atom. The van der Waals surface area contributed by atoms with Crippen LogP contribution in [0.1, 0.15) is 24.0 Å². The van der Waals surface area contributed by atoms with E-state index in [9.17, 15) is 4.79 Å². The van der Waals surface area contributed by atoms with Gasteiger partial charge in [-0.1, -0.05) is 28.1 Å². The number of nitrogens with zero attached hydrogens (tertiary/aromatic N) is 3. The summed E-state index contributed by atoms with van der Waals surface area (Å²) in [6, 6.07) is 18.0. The summed E-state index contributed by atoms with van der Waals surface area (Å²) in [5, 5.41) is 12.0. The fourth-order valence-corrected chi connectivity index (χ4v) is 3.51. The number of amides is 2. The molecule has 27 heavy (non-hydrogen) atoms. The summed E-state index contributed by atoms with van der Waals surface area (Å²) in [6.07, 6.45) is 1.83. The fourth-order valence-electron chi connectivity index (χ4n) is 3.25. The van der Waals surface area contributed by atoms with E-state index in [2.05, 4.69) is 32.2 Å². The quantitative estimate of drug-likeness (QED) is 0.798. The Kier molecular flexibility index (Phi) is 6.36. The van der Waals surface area contributed by atoms with Crippen molar-refractivity contribution in [3.63, 3.8) is 0 Å². The smallest absolute Gasteiger partial charge is 0.317 e. The first-order valence-electron chi connectivity index (χ1n) is 9.06. The predicted octanol–water partition coefficient (Wildman–Crippen LogP) is 4.13. The van der Waals surface area contributed by atoms with Crippen LogP contribution in [0.15, 0.2) is 53.0 Å². The number of piperidine rings is 1. The molecular formula is C21H23BrN4O. The van der Waals surface area contributed by atoms with E-state index in [1.165, 1.54) is 0 Å². The van der Waals surface area contributed by atoms with Gasteiger partial charge in [-0.05, 0) is 54.8 Å². The Balaban J connectivity index is 1.47. The lowest BCUT2D eigenvalue weighted by Crippen LogP contribution is -2.48. The minimum absolute atomic E-state index is 0.0326. The van der Waals surface area contributed by atoms with Crippen LogP contribution in [0.3, 0.4) is 0 Å². The van der Waals surface area contributed by atoms with Crippen molar-refractivity contribution < 1.29 is 4.79 Å². The third-order valence-corrected chi connectivity index (χ3v) is 5.39. The molecule has 2 amide bonds. The highest BCUT2D eigenvalue weighted by Crippen LogP contribution is 2.20. The number of rotatable bonds is 4. The van der Waals surface area contributed by atoms with Gasteiger partial charge in [-0.2, -0.15) is 5.26 Å². The van der Waals surface area contributed by atoms with Gasteiger partial charge in [0.25, 0.3) is 0 Å². The van der Waals surface area contributed by atoms with Crippen molar-refractivity contribution in [2.45, 2.75) is 25.4 Å². The Labute approximate surface area is 168 Å². The van der Waals surface area contributed by atoms with Crippen LogP contribution in [0.4, 0.5) is 10.5 Å². The average Bonchev–Trinajstić information content (AvgIpc) is 2.70. The number of anilines is 1. The van der Waals surface area contributed by atoms with Gasteiger partial charge in [0.15, 0.2) is 0 Å². The van der Waals surface area contributed by atoms with Gasteiger partial charge in [0.1, 0.15) is 0 Å². The number of urea groups is 1. The molecule has 0 unspecified atom stereocenters. The van der Waals surface area contributed by atoms with E-state index in [1.807, 2.05) is 55.6 Å². The molecule has 1 fully saturated rings. The summed E-state index contributed by atoms with van der Waals surface area (Å²) in [6.45, 7) is 2.38. The third kappa shape index (κ3) is 5.24. The van der Waals surface area contributed by atoms with Gasteiger partial charge in [0, 0.05) is 42.9 Å². The van der Waals surface area contributed by atoms with E-state index in [0.29, 0.717) is 12.1 Å². The number of benzene rings is 2. The van der Waals surface area contributed by atoms with E-state index in [0.717, 1.165) is 41.7 Å². The third-order valence-electron chi connectivity index (χ3n) is 4.86. The van der Waals surface area contributed by atoms with Crippen LogP contribution in [0, 0.1) is 11.3 Å². The second-order valence-corrected chi connectivity index (χ2v) is 7.77. The molecule has 0 aliphatic carbocycles. The zero-order chi connectivity index (χ0) is 19.2. The molecule has 140 valence electrons. The summed E-state index contributed by atoms with van der Waals surface area (Å²) < 4.78 is 1.03. The van der Waals surface area contributed by atoms with E-state index in [1.54, 1.807) is 4.90 Å². The number of hydrogen-bond donors (Lipinski definition) is 1. The number of nitrogens with one attached hydrogen (secondary N) is 1. The number of hydrogen-bond acceptors (Lipinski definition) is 3. The first-order chi connectivity index (χ1) is 13.0. The number of carbonyl (C=O) groups is 1. The summed E-state index contributed by atoms with van der Waals surface area (Å²) in [5.74, 6) is 0. The minimum atomic E-state index is -0.0326. The maximum absolute atomic E-state index is 12.5. The summed E-state index contributed by atoms with van der Waals surface area (Å²) in [5.41, 5.74) is 2.91. The average molecular weight is 427 g/mol. The second-order valence-electron chi connectivity index (χ2n) is 6.85. The Morgan fingerprint density at radius 2 is 1.81 bits per heavy atom. The van der Waals surface area contributed by atoms with Gasteiger partial charge in [-0.15, -0.1) is 0 Å². The van der Waals surface area contributed by atoms with Crippen LogP contribution in [0.2, 0.25) is 0 Å². The molecular weight excluding hydrogens is 404 g/mol. The SMILES string of the molecule is CN(Cc1ccc(Br)cc1)C(=O)NC1CCN(c2ccc(C#N)cc2)CC1. The fraction of sp³-hybridized carbons (Fsp3) is 0.333. The Morgan fingerprint density at radius 3 is 2.41 bits per heavy atom. The monoisotopic (exact) mass is 426 g/mol. The lowest BCUT2D eigenvalue weighted by molar-refractivity contribution is 0.200.